The van der Waals surface area contributed by atoms with Gasteiger partial charge in [0, 0.05) is 12.7 Å². The van der Waals surface area contributed by atoms with Crippen molar-refractivity contribution in [1.82, 2.24) is 0 Å². The van der Waals surface area contributed by atoms with Crippen LogP contribution in [0, 0.1) is 0 Å². The molecule has 5 nitrogen and oxygen atoms in total. The van der Waals surface area contributed by atoms with Gasteiger partial charge in [-0.3, -0.25) is 4.79 Å². The molecule has 0 bridgehead atoms. The van der Waals surface area contributed by atoms with E-state index in [1.165, 1.54) is 12.5 Å². The zero-order valence-electron chi connectivity index (χ0n) is 9.05. The number of rotatable bonds is 6. The summed E-state index contributed by atoms with van der Waals surface area (Å²) in [5.41, 5.74) is 6.35. The Labute approximate surface area is 94.5 Å². The van der Waals surface area contributed by atoms with E-state index in [9.17, 15) is 13.2 Å². The van der Waals surface area contributed by atoms with Crippen LogP contribution in [-0.2, 0) is 21.1 Å². The second kappa shape index (κ2) is 5.27. The maximum atomic E-state index is 11.6. The van der Waals surface area contributed by atoms with Crippen molar-refractivity contribution in [3.05, 3.63) is 24.2 Å². The summed E-state index contributed by atoms with van der Waals surface area (Å²) in [6, 6.07) is 0.950. The van der Waals surface area contributed by atoms with Gasteiger partial charge < -0.3 is 10.2 Å². The SMILES string of the molecule is CS(=O)(=O)CCC(N)C(=O)Cc1ccoc1. The summed E-state index contributed by atoms with van der Waals surface area (Å²) < 4.78 is 26.6. The molecule has 0 aliphatic carbocycles. The number of Topliss-reactive ketones (excluding diaryl/α,β-unsaturated/α-hetero) is 1. The molecule has 0 amide bonds. The predicted molar refractivity (Wildman–Crippen MR) is 59.7 cm³/mol. The van der Waals surface area contributed by atoms with Gasteiger partial charge in [-0.1, -0.05) is 0 Å². The number of furan rings is 1. The molecular weight excluding hydrogens is 230 g/mol. The smallest absolute Gasteiger partial charge is 0.154 e. The summed E-state index contributed by atoms with van der Waals surface area (Å²) in [7, 11) is -3.07. The van der Waals surface area contributed by atoms with E-state index in [4.69, 9.17) is 10.2 Å². The Balaban J connectivity index is 2.42. The highest BCUT2D eigenvalue weighted by Crippen LogP contribution is 2.04. The number of hydrogen-bond donors (Lipinski definition) is 1. The quantitative estimate of drug-likeness (QED) is 0.770. The molecule has 0 aromatic carbocycles. The van der Waals surface area contributed by atoms with E-state index in [0.29, 0.717) is 0 Å². The van der Waals surface area contributed by atoms with Crippen LogP contribution in [0.4, 0.5) is 0 Å². The Kier molecular flexibility index (Phi) is 4.26. The number of hydrogen-bond acceptors (Lipinski definition) is 5. The van der Waals surface area contributed by atoms with Gasteiger partial charge in [0.05, 0.1) is 24.3 Å². The molecule has 2 N–H and O–H groups in total. The monoisotopic (exact) mass is 245 g/mol. The van der Waals surface area contributed by atoms with E-state index in [2.05, 4.69) is 0 Å². The summed E-state index contributed by atoms with van der Waals surface area (Å²) in [4.78, 5) is 11.6. The lowest BCUT2D eigenvalue weighted by molar-refractivity contribution is -0.119. The fourth-order valence-corrected chi connectivity index (χ4v) is 1.91. The highest BCUT2D eigenvalue weighted by Gasteiger charge is 2.16. The average molecular weight is 245 g/mol. The molecule has 0 radical (unpaired) electrons. The van der Waals surface area contributed by atoms with Crippen molar-refractivity contribution >= 4 is 15.6 Å². The third-order valence-corrected chi connectivity index (χ3v) is 3.15. The van der Waals surface area contributed by atoms with Crippen molar-refractivity contribution in [2.24, 2.45) is 5.73 Å². The van der Waals surface area contributed by atoms with E-state index in [-0.39, 0.29) is 24.4 Å². The molecule has 1 atom stereocenters. The molecule has 1 unspecified atom stereocenters. The molecule has 0 saturated carbocycles. The fraction of sp³-hybridized carbons (Fsp3) is 0.500. The van der Waals surface area contributed by atoms with Gasteiger partial charge in [0.15, 0.2) is 5.78 Å². The van der Waals surface area contributed by atoms with Crippen LogP contribution in [0.5, 0.6) is 0 Å². The van der Waals surface area contributed by atoms with Crippen LogP contribution in [0.2, 0.25) is 0 Å². The molecule has 6 heteroatoms. The maximum absolute atomic E-state index is 11.6. The van der Waals surface area contributed by atoms with E-state index in [0.717, 1.165) is 11.8 Å². The lowest BCUT2D eigenvalue weighted by Gasteiger charge is -2.08. The lowest BCUT2D eigenvalue weighted by Crippen LogP contribution is -2.33. The van der Waals surface area contributed by atoms with Gasteiger partial charge in [-0.2, -0.15) is 0 Å². The second-order valence-corrected chi connectivity index (χ2v) is 6.06. The van der Waals surface area contributed by atoms with Crippen molar-refractivity contribution in [2.45, 2.75) is 18.9 Å². The van der Waals surface area contributed by atoms with Crippen molar-refractivity contribution in [3.8, 4) is 0 Å². The number of nitrogens with two attached hydrogens (primary N) is 1. The Morgan fingerprint density at radius 1 is 1.56 bits per heavy atom. The van der Waals surface area contributed by atoms with E-state index in [1.807, 2.05) is 0 Å². The molecule has 0 aliphatic heterocycles. The largest absolute Gasteiger partial charge is 0.472 e. The van der Waals surface area contributed by atoms with Crippen LogP contribution < -0.4 is 5.73 Å². The van der Waals surface area contributed by atoms with Gasteiger partial charge in [0.25, 0.3) is 0 Å². The second-order valence-electron chi connectivity index (χ2n) is 3.80. The van der Waals surface area contributed by atoms with Crippen LogP contribution in [-0.4, -0.2) is 32.3 Å². The minimum atomic E-state index is -3.07. The Bertz CT molecular complexity index is 435. The first kappa shape index (κ1) is 12.9. The molecule has 0 spiro atoms. The summed E-state index contributed by atoms with van der Waals surface area (Å²) in [5, 5.41) is 0. The highest BCUT2D eigenvalue weighted by molar-refractivity contribution is 7.90. The van der Waals surface area contributed by atoms with Crippen molar-refractivity contribution < 1.29 is 17.6 Å². The van der Waals surface area contributed by atoms with Crippen LogP contribution in [0.3, 0.4) is 0 Å². The van der Waals surface area contributed by atoms with Gasteiger partial charge >= 0.3 is 0 Å². The summed E-state index contributed by atoms with van der Waals surface area (Å²) in [5.74, 6) is -0.240. The van der Waals surface area contributed by atoms with Gasteiger partial charge in [-0.25, -0.2) is 8.42 Å². The summed E-state index contributed by atoms with van der Waals surface area (Å²) in [6.07, 6.45) is 4.42. The standard InChI is InChI=1S/C10H15NO4S/c1-16(13,14)5-3-9(11)10(12)6-8-2-4-15-7-8/h2,4,7,9H,3,5-6,11H2,1H3. The molecule has 0 saturated heterocycles. The molecule has 0 fully saturated rings. The predicted octanol–water partition coefficient (Wildman–Crippen LogP) is 0.153. The van der Waals surface area contributed by atoms with Gasteiger partial charge in [-0.05, 0) is 18.1 Å². The van der Waals surface area contributed by atoms with E-state index < -0.39 is 15.9 Å². The van der Waals surface area contributed by atoms with Gasteiger partial charge in [-0.15, -0.1) is 0 Å². The third kappa shape index (κ3) is 4.59. The number of ketones is 1. The van der Waals surface area contributed by atoms with Crippen molar-refractivity contribution in [3.63, 3.8) is 0 Å². The number of carbonyl (C=O) groups excluding carboxylic acids is 1. The minimum absolute atomic E-state index is 0.0642. The molecule has 1 aromatic rings. The minimum Gasteiger partial charge on any atom is -0.472 e. The Morgan fingerprint density at radius 2 is 2.25 bits per heavy atom. The highest BCUT2D eigenvalue weighted by atomic mass is 32.2. The van der Waals surface area contributed by atoms with Crippen LogP contribution in [0.25, 0.3) is 0 Å². The Hall–Kier alpha value is -1.14. The number of sulfone groups is 1. The lowest BCUT2D eigenvalue weighted by atomic mass is 10.1. The van der Waals surface area contributed by atoms with Gasteiger partial charge in [0.2, 0.25) is 0 Å². The summed E-state index contributed by atoms with van der Waals surface area (Å²) in [6.45, 7) is 0. The first-order valence-electron chi connectivity index (χ1n) is 4.85. The van der Waals surface area contributed by atoms with Gasteiger partial charge in [0.1, 0.15) is 9.84 Å². The topological polar surface area (TPSA) is 90.4 Å². The van der Waals surface area contributed by atoms with Crippen LogP contribution >= 0.6 is 0 Å². The van der Waals surface area contributed by atoms with E-state index in [1.54, 1.807) is 6.07 Å². The third-order valence-electron chi connectivity index (χ3n) is 2.17. The van der Waals surface area contributed by atoms with Crippen molar-refractivity contribution in [1.29, 1.82) is 0 Å². The fourth-order valence-electron chi connectivity index (χ4n) is 1.23. The zero-order valence-corrected chi connectivity index (χ0v) is 9.87. The normalized spacial score (nSPS) is 13.6. The zero-order chi connectivity index (χ0) is 12.2. The molecule has 90 valence electrons. The molecular formula is C10H15NO4S. The molecule has 1 rings (SSSR count). The van der Waals surface area contributed by atoms with Crippen LogP contribution in [0.15, 0.2) is 23.0 Å². The number of carbonyl (C=O) groups is 1. The van der Waals surface area contributed by atoms with E-state index >= 15 is 0 Å². The van der Waals surface area contributed by atoms with Crippen LogP contribution in [0.1, 0.15) is 12.0 Å². The molecule has 1 aromatic heterocycles. The molecule has 16 heavy (non-hydrogen) atoms. The Morgan fingerprint density at radius 3 is 2.75 bits per heavy atom. The first-order valence-corrected chi connectivity index (χ1v) is 6.91. The average Bonchev–Trinajstić information content (AvgIpc) is 2.65. The first-order chi connectivity index (χ1) is 7.38. The summed E-state index contributed by atoms with van der Waals surface area (Å²) >= 11 is 0. The maximum Gasteiger partial charge on any atom is 0.154 e. The molecule has 0 aliphatic rings. The van der Waals surface area contributed by atoms with Crippen molar-refractivity contribution in [2.75, 3.05) is 12.0 Å². The molecule has 1 heterocycles.